The summed E-state index contributed by atoms with van der Waals surface area (Å²) >= 11 is 5.93. The van der Waals surface area contributed by atoms with Gasteiger partial charge in [0.1, 0.15) is 5.82 Å². The lowest BCUT2D eigenvalue weighted by Crippen LogP contribution is -2.26. The van der Waals surface area contributed by atoms with Gasteiger partial charge in [-0.1, -0.05) is 41.9 Å². The van der Waals surface area contributed by atoms with Gasteiger partial charge in [-0.05, 0) is 6.07 Å². The molecule has 2 heterocycles. The van der Waals surface area contributed by atoms with Crippen molar-refractivity contribution in [3.8, 4) is 11.4 Å². The average Bonchev–Trinajstić information content (AvgIpc) is 3.05. The van der Waals surface area contributed by atoms with E-state index in [2.05, 4.69) is 25.5 Å². The molecule has 0 spiro atoms. The van der Waals surface area contributed by atoms with Crippen molar-refractivity contribution < 1.29 is 4.79 Å². The topological polar surface area (TPSA) is 83.6 Å². The molecule has 23 heavy (non-hydrogen) atoms. The summed E-state index contributed by atoms with van der Waals surface area (Å²) in [7, 11) is 0. The van der Waals surface area contributed by atoms with E-state index < -0.39 is 0 Å². The second kappa shape index (κ2) is 7.02. The number of rotatable bonds is 5. The van der Waals surface area contributed by atoms with Crippen molar-refractivity contribution in [2.75, 3.05) is 6.54 Å². The maximum atomic E-state index is 12.0. The van der Waals surface area contributed by atoms with Gasteiger partial charge in [0.25, 0.3) is 5.91 Å². The van der Waals surface area contributed by atoms with Crippen molar-refractivity contribution in [2.45, 2.75) is 6.42 Å². The van der Waals surface area contributed by atoms with E-state index in [4.69, 9.17) is 11.6 Å². The summed E-state index contributed by atoms with van der Waals surface area (Å²) in [6.45, 7) is 0.431. The number of aromatic amines is 1. The Morgan fingerprint density at radius 1 is 1.22 bits per heavy atom. The summed E-state index contributed by atoms with van der Waals surface area (Å²) in [6.07, 6.45) is 3.52. The Morgan fingerprint density at radius 3 is 2.83 bits per heavy atom. The van der Waals surface area contributed by atoms with Crippen molar-refractivity contribution in [1.82, 2.24) is 25.5 Å². The number of halogens is 1. The zero-order valence-corrected chi connectivity index (χ0v) is 12.9. The molecule has 116 valence electrons. The molecular formula is C16H14ClN5O. The van der Waals surface area contributed by atoms with Crippen LogP contribution < -0.4 is 5.32 Å². The molecule has 3 rings (SSSR count). The van der Waals surface area contributed by atoms with E-state index in [0.29, 0.717) is 35.2 Å². The molecule has 2 N–H and O–H groups in total. The van der Waals surface area contributed by atoms with E-state index in [-0.39, 0.29) is 5.91 Å². The fraction of sp³-hybridized carbons (Fsp3) is 0.125. The Labute approximate surface area is 137 Å². The van der Waals surface area contributed by atoms with Gasteiger partial charge in [0, 0.05) is 30.9 Å². The lowest BCUT2D eigenvalue weighted by atomic mass is 10.2. The molecule has 0 unspecified atom stereocenters. The van der Waals surface area contributed by atoms with E-state index in [0.717, 1.165) is 5.56 Å². The summed E-state index contributed by atoms with van der Waals surface area (Å²) in [5.74, 6) is 1.12. The van der Waals surface area contributed by atoms with Gasteiger partial charge >= 0.3 is 0 Å². The molecule has 3 aromatic rings. The van der Waals surface area contributed by atoms with Crippen molar-refractivity contribution in [2.24, 2.45) is 0 Å². The number of nitrogens with one attached hydrogen (secondary N) is 2. The van der Waals surface area contributed by atoms with Crippen molar-refractivity contribution in [3.63, 3.8) is 0 Å². The molecule has 0 saturated carbocycles. The Morgan fingerprint density at radius 2 is 2.04 bits per heavy atom. The van der Waals surface area contributed by atoms with Crippen LogP contribution >= 0.6 is 11.6 Å². The van der Waals surface area contributed by atoms with Gasteiger partial charge < -0.3 is 5.32 Å². The maximum absolute atomic E-state index is 12.0. The molecule has 0 saturated heterocycles. The van der Waals surface area contributed by atoms with Crippen LogP contribution in [0, 0.1) is 0 Å². The molecule has 0 radical (unpaired) electrons. The molecule has 6 nitrogen and oxygen atoms in total. The third-order valence-electron chi connectivity index (χ3n) is 3.23. The Bertz CT molecular complexity index is 803. The molecule has 0 fully saturated rings. The second-order valence-corrected chi connectivity index (χ2v) is 5.24. The zero-order chi connectivity index (χ0) is 16.1. The average molecular weight is 328 g/mol. The third-order valence-corrected chi connectivity index (χ3v) is 3.53. The van der Waals surface area contributed by atoms with E-state index in [1.807, 2.05) is 30.3 Å². The molecule has 0 aliphatic rings. The minimum absolute atomic E-state index is 0.236. The quantitative estimate of drug-likeness (QED) is 0.754. The van der Waals surface area contributed by atoms with Crippen LogP contribution in [-0.2, 0) is 6.42 Å². The van der Waals surface area contributed by atoms with E-state index >= 15 is 0 Å². The Balaban J connectivity index is 1.56. The van der Waals surface area contributed by atoms with Gasteiger partial charge in [-0.25, -0.2) is 4.98 Å². The first-order valence-corrected chi connectivity index (χ1v) is 7.46. The van der Waals surface area contributed by atoms with Gasteiger partial charge in [-0.15, -0.1) is 0 Å². The number of nitrogens with zero attached hydrogens (tertiary/aromatic N) is 3. The molecular weight excluding hydrogens is 314 g/mol. The van der Waals surface area contributed by atoms with Crippen LogP contribution in [0.3, 0.4) is 0 Å². The Kier molecular flexibility index (Phi) is 4.63. The lowest BCUT2D eigenvalue weighted by molar-refractivity contribution is 0.0954. The predicted molar refractivity (Wildman–Crippen MR) is 87.1 cm³/mol. The molecule has 0 aliphatic carbocycles. The molecule has 1 amide bonds. The van der Waals surface area contributed by atoms with Gasteiger partial charge in [0.2, 0.25) is 0 Å². The number of pyridine rings is 1. The smallest absolute Gasteiger partial charge is 0.252 e. The van der Waals surface area contributed by atoms with Gasteiger partial charge in [0.05, 0.1) is 10.6 Å². The highest BCUT2D eigenvalue weighted by molar-refractivity contribution is 6.33. The summed E-state index contributed by atoms with van der Waals surface area (Å²) in [4.78, 5) is 20.3. The largest absolute Gasteiger partial charge is 0.352 e. The van der Waals surface area contributed by atoms with Gasteiger partial charge in [-0.2, -0.15) is 5.10 Å². The van der Waals surface area contributed by atoms with Crippen LogP contribution in [0.25, 0.3) is 11.4 Å². The predicted octanol–water partition coefficient (Wildman–Crippen LogP) is 2.49. The first-order chi connectivity index (χ1) is 11.2. The zero-order valence-electron chi connectivity index (χ0n) is 12.2. The first-order valence-electron chi connectivity index (χ1n) is 7.08. The second-order valence-electron chi connectivity index (χ2n) is 4.83. The van der Waals surface area contributed by atoms with E-state index in [9.17, 15) is 4.79 Å². The summed E-state index contributed by atoms with van der Waals surface area (Å²) in [6, 6.07) is 11.3. The number of amides is 1. The standard InChI is InChI=1S/C16H14ClN5O/c17-13-10-18-8-6-12(13)16(23)19-9-7-14-20-15(22-21-14)11-4-2-1-3-5-11/h1-6,8,10H,7,9H2,(H,19,23)(H,20,21,22). The van der Waals surface area contributed by atoms with Gasteiger partial charge in [0.15, 0.2) is 5.82 Å². The lowest BCUT2D eigenvalue weighted by Gasteiger charge is -2.04. The number of H-pyrrole nitrogens is 1. The van der Waals surface area contributed by atoms with E-state index in [1.165, 1.54) is 12.4 Å². The van der Waals surface area contributed by atoms with Crippen LogP contribution in [0.2, 0.25) is 5.02 Å². The van der Waals surface area contributed by atoms with E-state index in [1.54, 1.807) is 6.07 Å². The SMILES string of the molecule is O=C(NCCc1nc(-c2ccccc2)n[nH]1)c1ccncc1Cl. The van der Waals surface area contributed by atoms with Crippen molar-refractivity contribution in [3.05, 3.63) is 65.2 Å². The fourth-order valence-corrected chi connectivity index (χ4v) is 2.28. The molecule has 1 aromatic carbocycles. The highest BCUT2D eigenvalue weighted by Crippen LogP contribution is 2.14. The highest BCUT2D eigenvalue weighted by atomic mass is 35.5. The van der Waals surface area contributed by atoms with Crippen molar-refractivity contribution >= 4 is 17.5 Å². The molecule has 0 aliphatic heterocycles. The van der Waals surface area contributed by atoms with Gasteiger partial charge in [-0.3, -0.25) is 14.9 Å². The van der Waals surface area contributed by atoms with Crippen LogP contribution in [-0.4, -0.2) is 32.6 Å². The first kappa shape index (κ1) is 15.2. The third kappa shape index (κ3) is 3.73. The molecule has 7 heteroatoms. The molecule has 2 aromatic heterocycles. The number of hydrogen-bond acceptors (Lipinski definition) is 4. The highest BCUT2D eigenvalue weighted by Gasteiger charge is 2.10. The minimum Gasteiger partial charge on any atom is -0.352 e. The minimum atomic E-state index is -0.236. The fourth-order valence-electron chi connectivity index (χ4n) is 2.07. The van der Waals surface area contributed by atoms with Crippen molar-refractivity contribution in [1.29, 1.82) is 0 Å². The summed E-state index contributed by atoms with van der Waals surface area (Å²) < 4.78 is 0. The maximum Gasteiger partial charge on any atom is 0.252 e. The number of carbonyl (C=O) groups excluding carboxylic acids is 1. The number of hydrogen-bond donors (Lipinski definition) is 2. The number of benzene rings is 1. The van der Waals surface area contributed by atoms with Crippen LogP contribution in [0.5, 0.6) is 0 Å². The number of aromatic nitrogens is 4. The van der Waals surface area contributed by atoms with Crippen LogP contribution in [0.1, 0.15) is 16.2 Å². The van der Waals surface area contributed by atoms with Crippen LogP contribution in [0.15, 0.2) is 48.8 Å². The van der Waals surface area contributed by atoms with Crippen LogP contribution in [0.4, 0.5) is 0 Å². The summed E-state index contributed by atoms with van der Waals surface area (Å²) in [5, 5.41) is 10.2. The number of carbonyl (C=O) groups is 1. The summed E-state index contributed by atoms with van der Waals surface area (Å²) in [5.41, 5.74) is 1.35. The monoisotopic (exact) mass is 327 g/mol. The normalized spacial score (nSPS) is 10.5. The molecule has 0 atom stereocenters. The Hall–Kier alpha value is -2.73. The molecule has 0 bridgehead atoms.